The van der Waals surface area contributed by atoms with Crippen molar-refractivity contribution in [1.82, 2.24) is 9.80 Å². The molecule has 0 radical (unpaired) electrons. The lowest BCUT2D eigenvalue weighted by Gasteiger charge is -2.44. The van der Waals surface area contributed by atoms with Crippen LogP contribution >= 0.6 is 11.6 Å². The van der Waals surface area contributed by atoms with Gasteiger partial charge < -0.3 is 14.4 Å². The number of methoxy groups -OCH3 is 1. The Hall–Kier alpha value is -2.15. The number of esters is 1. The van der Waals surface area contributed by atoms with Crippen LogP contribution in [0.25, 0.3) is 0 Å². The molecule has 1 atom stereocenters. The van der Waals surface area contributed by atoms with E-state index in [1.54, 1.807) is 12.1 Å². The van der Waals surface area contributed by atoms with Crippen LogP contribution < -0.4 is 4.74 Å². The molecular formula is C29H38ClFN2O3. The standard InChI is InChI=1S/C29H38ClFN2O3/c1-21-18-24(30)6-9-27(21)36-26-12-14-32(15-13-26)20-23-10-16-33(17-11-23)29(2,28(34)35-3)19-22-4-7-25(31)8-5-22/h4-9,18,23,26H,10-17,19-20H2,1-3H3. The predicted molar refractivity (Wildman–Crippen MR) is 141 cm³/mol. The Labute approximate surface area is 219 Å². The number of hydrogen-bond acceptors (Lipinski definition) is 5. The first-order chi connectivity index (χ1) is 17.3. The van der Waals surface area contributed by atoms with Crippen molar-refractivity contribution in [3.05, 3.63) is 64.4 Å². The van der Waals surface area contributed by atoms with E-state index < -0.39 is 5.54 Å². The third kappa shape index (κ3) is 6.58. The molecule has 1 unspecified atom stereocenters. The second-order valence-corrected chi connectivity index (χ2v) is 11.0. The van der Waals surface area contributed by atoms with Crippen molar-refractivity contribution in [2.45, 2.75) is 57.6 Å². The first kappa shape index (κ1) is 26.9. The van der Waals surface area contributed by atoms with E-state index in [0.717, 1.165) is 80.3 Å². The van der Waals surface area contributed by atoms with Crippen molar-refractivity contribution in [3.63, 3.8) is 0 Å². The SMILES string of the molecule is COC(=O)C(C)(Cc1ccc(F)cc1)N1CCC(CN2CCC(Oc3ccc(Cl)cc3C)CC2)CC1. The molecule has 2 saturated heterocycles. The smallest absolute Gasteiger partial charge is 0.326 e. The van der Waals surface area contributed by atoms with E-state index in [1.807, 2.05) is 32.0 Å². The van der Waals surface area contributed by atoms with Gasteiger partial charge in [-0.2, -0.15) is 0 Å². The Kier molecular flexibility index (Phi) is 8.91. The number of piperidine rings is 2. The number of carbonyl (C=O) groups is 1. The van der Waals surface area contributed by atoms with Crippen molar-refractivity contribution < 1.29 is 18.7 Å². The molecule has 2 aliphatic rings. The summed E-state index contributed by atoms with van der Waals surface area (Å²) in [5, 5.41) is 0.739. The summed E-state index contributed by atoms with van der Waals surface area (Å²) in [6, 6.07) is 12.2. The normalized spacial score (nSPS) is 20.1. The Morgan fingerprint density at radius 1 is 1.06 bits per heavy atom. The van der Waals surface area contributed by atoms with Crippen LogP contribution in [0, 0.1) is 18.7 Å². The fraction of sp³-hybridized carbons (Fsp3) is 0.552. The lowest BCUT2D eigenvalue weighted by molar-refractivity contribution is -0.155. The van der Waals surface area contributed by atoms with Crippen LogP contribution in [-0.2, 0) is 16.0 Å². The van der Waals surface area contributed by atoms with Gasteiger partial charge in [0.1, 0.15) is 23.2 Å². The summed E-state index contributed by atoms with van der Waals surface area (Å²) in [5.41, 5.74) is 1.26. The molecule has 0 amide bonds. The van der Waals surface area contributed by atoms with Gasteiger partial charge in [-0.05, 0) is 100.0 Å². The average Bonchev–Trinajstić information content (AvgIpc) is 2.88. The molecule has 4 rings (SSSR count). The zero-order valence-electron chi connectivity index (χ0n) is 21.6. The molecule has 196 valence electrons. The number of halogens is 2. The van der Waals surface area contributed by atoms with E-state index in [-0.39, 0.29) is 17.9 Å². The van der Waals surface area contributed by atoms with Crippen LogP contribution in [0.2, 0.25) is 5.02 Å². The maximum Gasteiger partial charge on any atom is 0.326 e. The minimum Gasteiger partial charge on any atom is -0.490 e. The number of hydrogen-bond donors (Lipinski definition) is 0. The number of benzene rings is 2. The molecule has 0 spiro atoms. The Morgan fingerprint density at radius 2 is 1.72 bits per heavy atom. The van der Waals surface area contributed by atoms with E-state index in [4.69, 9.17) is 21.1 Å². The highest BCUT2D eigenvalue weighted by molar-refractivity contribution is 6.30. The first-order valence-electron chi connectivity index (χ1n) is 13.0. The monoisotopic (exact) mass is 516 g/mol. The molecule has 0 N–H and O–H groups in total. The molecule has 0 aromatic heterocycles. The quantitative estimate of drug-likeness (QED) is 0.432. The molecule has 2 heterocycles. The maximum absolute atomic E-state index is 13.4. The molecule has 2 fully saturated rings. The maximum atomic E-state index is 13.4. The highest BCUT2D eigenvalue weighted by Crippen LogP contribution is 2.30. The van der Waals surface area contributed by atoms with Gasteiger partial charge >= 0.3 is 5.97 Å². The first-order valence-corrected chi connectivity index (χ1v) is 13.4. The second kappa shape index (κ2) is 11.9. The van der Waals surface area contributed by atoms with Crippen molar-refractivity contribution >= 4 is 17.6 Å². The molecular weight excluding hydrogens is 479 g/mol. The van der Waals surface area contributed by atoms with Gasteiger partial charge in [-0.15, -0.1) is 0 Å². The minimum atomic E-state index is -0.757. The summed E-state index contributed by atoms with van der Waals surface area (Å²) < 4.78 is 24.8. The van der Waals surface area contributed by atoms with Gasteiger partial charge in [0.2, 0.25) is 0 Å². The number of carbonyl (C=O) groups excluding carboxylic acids is 1. The topological polar surface area (TPSA) is 42.0 Å². The van der Waals surface area contributed by atoms with Gasteiger partial charge in [-0.25, -0.2) is 4.39 Å². The van der Waals surface area contributed by atoms with E-state index in [9.17, 15) is 9.18 Å². The van der Waals surface area contributed by atoms with E-state index >= 15 is 0 Å². The highest BCUT2D eigenvalue weighted by Gasteiger charge is 2.42. The molecule has 5 nitrogen and oxygen atoms in total. The molecule has 0 aliphatic carbocycles. The van der Waals surface area contributed by atoms with Gasteiger partial charge in [-0.1, -0.05) is 23.7 Å². The Morgan fingerprint density at radius 3 is 2.33 bits per heavy atom. The number of nitrogens with zero attached hydrogens (tertiary/aromatic N) is 2. The molecule has 36 heavy (non-hydrogen) atoms. The molecule has 7 heteroatoms. The lowest BCUT2D eigenvalue weighted by atomic mass is 9.86. The summed E-state index contributed by atoms with van der Waals surface area (Å²) in [5.74, 6) is 1.04. The minimum absolute atomic E-state index is 0.233. The van der Waals surface area contributed by atoms with Crippen molar-refractivity contribution in [2.75, 3.05) is 39.8 Å². The van der Waals surface area contributed by atoms with Crippen LogP contribution in [0.15, 0.2) is 42.5 Å². The van der Waals surface area contributed by atoms with Gasteiger partial charge in [0, 0.05) is 31.1 Å². The fourth-order valence-electron chi connectivity index (χ4n) is 5.64. The Balaban J connectivity index is 1.26. The third-order valence-electron chi connectivity index (χ3n) is 7.88. The summed E-state index contributed by atoms with van der Waals surface area (Å²) in [6.07, 6.45) is 4.91. The number of likely N-dealkylation sites (tertiary alicyclic amines) is 2. The Bertz CT molecular complexity index is 1020. The van der Waals surface area contributed by atoms with E-state index in [1.165, 1.54) is 19.2 Å². The summed E-state index contributed by atoms with van der Waals surface area (Å²) in [4.78, 5) is 17.7. The molecule has 2 aromatic rings. The zero-order chi connectivity index (χ0) is 25.7. The molecule has 2 aromatic carbocycles. The van der Waals surface area contributed by atoms with Gasteiger partial charge in [0.15, 0.2) is 0 Å². The zero-order valence-corrected chi connectivity index (χ0v) is 22.4. The second-order valence-electron chi connectivity index (χ2n) is 10.5. The van der Waals surface area contributed by atoms with Gasteiger partial charge in [0.05, 0.1) is 7.11 Å². The summed E-state index contributed by atoms with van der Waals surface area (Å²) >= 11 is 6.07. The van der Waals surface area contributed by atoms with Crippen LogP contribution in [-0.4, -0.2) is 67.2 Å². The van der Waals surface area contributed by atoms with E-state index in [0.29, 0.717) is 12.3 Å². The largest absolute Gasteiger partial charge is 0.490 e. The number of aryl methyl sites for hydroxylation is 1. The number of rotatable bonds is 8. The average molecular weight is 517 g/mol. The molecule has 0 saturated carbocycles. The van der Waals surface area contributed by atoms with Gasteiger partial charge in [0.25, 0.3) is 0 Å². The lowest BCUT2D eigenvalue weighted by Crippen LogP contribution is -2.57. The van der Waals surface area contributed by atoms with Crippen molar-refractivity contribution in [1.29, 1.82) is 0 Å². The summed E-state index contributed by atoms with van der Waals surface area (Å²) in [7, 11) is 1.44. The number of ether oxygens (including phenoxy) is 2. The summed E-state index contributed by atoms with van der Waals surface area (Å²) in [6.45, 7) is 8.88. The van der Waals surface area contributed by atoms with E-state index in [2.05, 4.69) is 9.80 Å². The van der Waals surface area contributed by atoms with Crippen LogP contribution in [0.1, 0.15) is 43.7 Å². The highest BCUT2D eigenvalue weighted by atomic mass is 35.5. The van der Waals surface area contributed by atoms with Crippen LogP contribution in [0.5, 0.6) is 5.75 Å². The molecule has 0 bridgehead atoms. The van der Waals surface area contributed by atoms with Crippen LogP contribution in [0.4, 0.5) is 4.39 Å². The molecule has 2 aliphatic heterocycles. The van der Waals surface area contributed by atoms with Crippen molar-refractivity contribution in [3.8, 4) is 5.75 Å². The van der Waals surface area contributed by atoms with Crippen LogP contribution in [0.3, 0.4) is 0 Å². The van der Waals surface area contributed by atoms with Gasteiger partial charge in [-0.3, -0.25) is 9.69 Å². The fourth-order valence-corrected chi connectivity index (χ4v) is 5.87. The predicted octanol–water partition coefficient (Wildman–Crippen LogP) is 5.52. The van der Waals surface area contributed by atoms with Crippen molar-refractivity contribution in [2.24, 2.45) is 5.92 Å². The third-order valence-corrected chi connectivity index (χ3v) is 8.12.